The molecule has 4 aliphatic carbocycles. The fourth-order valence-corrected chi connectivity index (χ4v) is 7.27. The summed E-state index contributed by atoms with van der Waals surface area (Å²) in [5.74, 6) is -0.139. The summed E-state index contributed by atoms with van der Waals surface area (Å²) in [7, 11) is 0. The Kier molecular flexibility index (Phi) is 4.99. The number of aliphatic hydroxyl groups is 3. The summed E-state index contributed by atoms with van der Waals surface area (Å²) in [5.41, 5.74) is -0.106. The van der Waals surface area contributed by atoms with E-state index in [2.05, 4.69) is 19.0 Å². The van der Waals surface area contributed by atoms with Gasteiger partial charge >= 0.3 is 0 Å². The molecule has 4 aliphatic rings. The number of ketones is 1. The third kappa shape index (κ3) is 2.78. The van der Waals surface area contributed by atoms with E-state index in [4.69, 9.17) is 4.84 Å². The van der Waals surface area contributed by atoms with Crippen LogP contribution in [-0.4, -0.2) is 51.2 Å². The fourth-order valence-electron chi connectivity index (χ4n) is 7.27. The Labute approximate surface area is 173 Å². The first kappa shape index (κ1) is 21.0. The molecule has 0 aromatic carbocycles. The van der Waals surface area contributed by atoms with Crippen molar-refractivity contribution in [2.24, 2.45) is 33.7 Å². The minimum absolute atomic E-state index is 0.00877. The number of carbonyl (C=O) groups is 1. The van der Waals surface area contributed by atoms with Crippen molar-refractivity contribution in [1.29, 1.82) is 0 Å². The quantitative estimate of drug-likeness (QED) is 0.495. The van der Waals surface area contributed by atoms with Crippen LogP contribution in [-0.2, 0) is 9.63 Å². The Balaban J connectivity index is 1.73. The Morgan fingerprint density at radius 2 is 1.93 bits per heavy atom. The van der Waals surface area contributed by atoms with Crippen molar-refractivity contribution < 1.29 is 25.0 Å². The molecule has 4 rings (SSSR count). The second-order valence-electron chi connectivity index (χ2n) is 10.2. The smallest absolute Gasteiger partial charge is 0.159 e. The fraction of sp³-hybridized carbons (Fsp3) is 0.826. The highest BCUT2D eigenvalue weighted by Gasteiger charge is 2.66. The van der Waals surface area contributed by atoms with Gasteiger partial charge in [0.1, 0.15) is 6.61 Å². The standard InChI is InChI=1S/C23H35NO5/c1-5-29-24-13(2)14-7-9-23(28)16-10-18(25)17-11-19(26)20(27)12-21(17,3)15(16)6-8-22(14,23)4/h10,14-15,17,19-20,26-28H,5-9,11-12H2,1-4H3/b24-13-/t14-,15?,17+,19-,20+,21-,22-,23-/m1/s1. The highest BCUT2D eigenvalue weighted by Crippen LogP contribution is 2.67. The summed E-state index contributed by atoms with van der Waals surface area (Å²) in [5, 5.41) is 36.8. The maximum absolute atomic E-state index is 13.1. The predicted molar refractivity (Wildman–Crippen MR) is 109 cm³/mol. The normalized spacial score (nSPS) is 49.8. The molecule has 0 saturated heterocycles. The molecule has 29 heavy (non-hydrogen) atoms. The van der Waals surface area contributed by atoms with Crippen LogP contribution in [0.3, 0.4) is 0 Å². The van der Waals surface area contributed by atoms with E-state index < -0.39 is 28.6 Å². The molecule has 0 amide bonds. The van der Waals surface area contributed by atoms with Gasteiger partial charge in [0.2, 0.25) is 0 Å². The van der Waals surface area contributed by atoms with E-state index in [0.717, 1.165) is 30.5 Å². The number of oxime groups is 1. The van der Waals surface area contributed by atoms with Crippen molar-refractivity contribution in [2.45, 2.75) is 84.0 Å². The van der Waals surface area contributed by atoms with Gasteiger partial charge in [0.15, 0.2) is 5.78 Å². The molecule has 0 aliphatic heterocycles. The maximum Gasteiger partial charge on any atom is 0.159 e. The SMILES string of the molecule is CCO/N=C(/C)[C@H]1CC[C@@]2(O)C3=CC(=O)[C@@H]4C[C@@H](O)[C@@H](O)C[C@]4(C)C3CC[C@]12C. The average molecular weight is 406 g/mol. The number of fused-ring (bicyclic) bond motifs is 5. The zero-order chi connectivity index (χ0) is 21.2. The molecule has 162 valence electrons. The second-order valence-corrected chi connectivity index (χ2v) is 10.2. The van der Waals surface area contributed by atoms with Crippen LogP contribution in [0.25, 0.3) is 0 Å². The molecule has 6 nitrogen and oxygen atoms in total. The summed E-state index contributed by atoms with van der Waals surface area (Å²) < 4.78 is 0. The number of hydrogen-bond donors (Lipinski definition) is 3. The monoisotopic (exact) mass is 405 g/mol. The van der Waals surface area contributed by atoms with E-state index in [-0.39, 0.29) is 23.5 Å². The van der Waals surface area contributed by atoms with E-state index in [1.54, 1.807) is 6.08 Å². The lowest BCUT2D eigenvalue weighted by atomic mass is 9.46. The van der Waals surface area contributed by atoms with Crippen LogP contribution in [0.15, 0.2) is 16.8 Å². The van der Waals surface area contributed by atoms with Crippen LogP contribution in [0.5, 0.6) is 0 Å². The summed E-state index contributed by atoms with van der Waals surface area (Å²) in [6.45, 7) is 8.59. The Hall–Kier alpha value is -1.24. The topological polar surface area (TPSA) is 99.4 Å². The highest BCUT2D eigenvalue weighted by molar-refractivity contribution is 5.95. The zero-order valence-electron chi connectivity index (χ0n) is 18.0. The summed E-state index contributed by atoms with van der Waals surface area (Å²) in [6, 6.07) is 0. The Morgan fingerprint density at radius 3 is 2.62 bits per heavy atom. The van der Waals surface area contributed by atoms with Crippen molar-refractivity contribution >= 4 is 11.5 Å². The van der Waals surface area contributed by atoms with Crippen molar-refractivity contribution in [1.82, 2.24) is 0 Å². The summed E-state index contributed by atoms with van der Waals surface area (Å²) >= 11 is 0. The first-order chi connectivity index (χ1) is 13.6. The molecule has 8 atom stereocenters. The van der Waals surface area contributed by atoms with Crippen LogP contribution in [0.2, 0.25) is 0 Å². The molecule has 0 aromatic rings. The lowest BCUT2D eigenvalue weighted by Gasteiger charge is -2.59. The largest absolute Gasteiger partial charge is 0.396 e. The molecule has 0 heterocycles. The summed E-state index contributed by atoms with van der Waals surface area (Å²) in [4.78, 5) is 18.4. The van der Waals surface area contributed by atoms with E-state index in [9.17, 15) is 20.1 Å². The molecule has 0 radical (unpaired) electrons. The van der Waals surface area contributed by atoms with Gasteiger partial charge in [0.25, 0.3) is 0 Å². The molecule has 0 bridgehead atoms. The van der Waals surface area contributed by atoms with Gasteiger partial charge in [-0.3, -0.25) is 4.79 Å². The van der Waals surface area contributed by atoms with Gasteiger partial charge in [-0.1, -0.05) is 19.0 Å². The first-order valence-corrected chi connectivity index (χ1v) is 11.1. The average Bonchev–Trinajstić information content (AvgIpc) is 2.94. The first-order valence-electron chi connectivity index (χ1n) is 11.1. The predicted octanol–water partition coefficient (Wildman–Crippen LogP) is 2.60. The van der Waals surface area contributed by atoms with Crippen LogP contribution in [0.4, 0.5) is 0 Å². The number of rotatable bonds is 3. The number of nitrogens with zero attached hydrogens (tertiary/aromatic N) is 1. The van der Waals surface area contributed by atoms with Crippen molar-refractivity contribution in [3.05, 3.63) is 11.6 Å². The van der Waals surface area contributed by atoms with Gasteiger partial charge in [0.05, 0.1) is 23.5 Å². The molecule has 0 spiro atoms. The van der Waals surface area contributed by atoms with Gasteiger partial charge in [-0.2, -0.15) is 0 Å². The minimum atomic E-state index is -1.05. The molecule has 6 heteroatoms. The second kappa shape index (κ2) is 6.89. The van der Waals surface area contributed by atoms with Crippen LogP contribution in [0, 0.1) is 28.6 Å². The van der Waals surface area contributed by atoms with Gasteiger partial charge in [-0.05, 0) is 75.4 Å². The molecule has 1 unspecified atom stereocenters. The molecule has 3 fully saturated rings. The Bertz CT molecular complexity index is 762. The lowest BCUT2D eigenvalue weighted by molar-refractivity contribution is -0.151. The minimum Gasteiger partial charge on any atom is -0.396 e. The van der Waals surface area contributed by atoms with Gasteiger partial charge in [-0.15, -0.1) is 0 Å². The van der Waals surface area contributed by atoms with Gasteiger partial charge in [0, 0.05) is 17.3 Å². The van der Waals surface area contributed by atoms with Crippen LogP contribution in [0.1, 0.15) is 66.2 Å². The van der Waals surface area contributed by atoms with E-state index in [1.807, 2.05) is 13.8 Å². The molecule has 3 saturated carbocycles. The third-order valence-corrected chi connectivity index (χ3v) is 8.96. The maximum atomic E-state index is 13.1. The van der Waals surface area contributed by atoms with E-state index in [1.165, 1.54) is 0 Å². The molecule has 0 aromatic heterocycles. The van der Waals surface area contributed by atoms with Crippen molar-refractivity contribution in [3.8, 4) is 0 Å². The summed E-state index contributed by atoms with van der Waals surface area (Å²) in [6.07, 6.45) is 3.85. The lowest BCUT2D eigenvalue weighted by Crippen LogP contribution is -2.60. The zero-order valence-corrected chi connectivity index (χ0v) is 18.0. The van der Waals surface area contributed by atoms with Gasteiger partial charge < -0.3 is 20.2 Å². The van der Waals surface area contributed by atoms with Crippen LogP contribution >= 0.6 is 0 Å². The number of allylic oxidation sites excluding steroid dienone is 1. The molecular weight excluding hydrogens is 370 g/mol. The van der Waals surface area contributed by atoms with Gasteiger partial charge in [-0.25, -0.2) is 0 Å². The number of aliphatic hydroxyl groups excluding tert-OH is 2. The number of carbonyl (C=O) groups excluding carboxylic acids is 1. The van der Waals surface area contributed by atoms with E-state index in [0.29, 0.717) is 25.9 Å². The number of hydrogen-bond acceptors (Lipinski definition) is 6. The van der Waals surface area contributed by atoms with Crippen molar-refractivity contribution in [2.75, 3.05) is 6.61 Å². The van der Waals surface area contributed by atoms with Crippen molar-refractivity contribution in [3.63, 3.8) is 0 Å². The highest BCUT2D eigenvalue weighted by atomic mass is 16.6. The molecule has 3 N–H and O–H groups in total. The third-order valence-electron chi connectivity index (χ3n) is 8.96. The van der Waals surface area contributed by atoms with Crippen LogP contribution < -0.4 is 0 Å². The molecular formula is C23H35NO5. The Morgan fingerprint density at radius 1 is 1.21 bits per heavy atom. The van der Waals surface area contributed by atoms with E-state index >= 15 is 0 Å².